The molecular weight excluding hydrogens is 254 g/mol. The van der Waals surface area contributed by atoms with Gasteiger partial charge in [0.1, 0.15) is 0 Å². The number of primary amides is 1. The minimum Gasteiger partial charge on any atom is -0.479 e. The Hall–Kier alpha value is -1.83. The lowest BCUT2D eigenvalue weighted by Gasteiger charge is -2.31. The van der Waals surface area contributed by atoms with Crippen LogP contribution < -0.4 is 11.1 Å². The van der Waals surface area contributed by atoms with Gasteiger partial charge in [0.05, 0.1) is 6.54 Å². The average Bonchev–Trinajstić information content (AvgIpc) is 2.36. The molecule has 0 aromatic heterocycles. The van der Waals surface area contributed by atoms with Gasteiger partial charge in [-0.15, -0.1) is 0 Å². The molecule has 1 saturated heterocycles. The average molecular weight is 273 g/mol. The zero-order chi connectivity index (χ0) is 14.6. The van der Waals surface area contributed by atoms with E-state index in [1.54, 1.807) is 0 Å². The molecule has 0 spiro atoms. The second-order valence-electron chi connectivity index (χ2n) is 4.90. The molecule has 19 heavy (non-hydrogen) atoms. The number of carboxylic acids is 1. The summed E-state index contributed by atoms with van der Waals surface area (Å²) in [6, 6.07) is -0.454. The monoisotopic (exact) mass is 273 g/mol. The maximum absolute atomic E-state index is 11.7. The molecule has 8 nitrogen and oxygen atoms in total. The lowest BCUT2D eigenvalue weighted by molar-refractivity contribution is -0.155. The summed E-state index contributed by atoms with van der Waals surface area (Å²) in [5.41, 5.74) is 3.18. The maximum Gasteiger partial charge on any atom is 0.337 e. The van der Waals surface area contributed by atoms with Crippen molar-refractivity contribution < 1.29 is 24.6 Å². The van der Waals surface area contributed by atoms with Crippen LogP contribution in [-0.2, 0) is 9.59 Å². The Morgan fingerprint density at radius 2 is 1.89 bits per heavy atom. The summed E-state index contributed by atoms with van der Waals surface area (Å²) in [5, 5.41) is 20.5. The van der Waals surface area contributed by atoms with Crippen molar-refractivity contribution in [2.45, 2.75) is 25.4 Å². The number of likely N-dealkylation sites (tertiary alicyclic amines) is 1. The largest absolute Gasteiger partial charge is 0.479 e. The molecule has 0 bridgehead atoms. The molecule has 1 aliphatic rings. The standard InChI is InChI=1S/C11H19N3O5/c1-11(19,9(16)17)6-13-10(18)14-4-2-7(3-5-14)8(12)15/h7,19H,2-6H2,1H3,(H2,12,15)(H,13,18)(H,16,17). The Balaban J connectivity index is 2.40. The molecule has 1 atom stereocenters. The van der Waals surface area contributed by atoms with Gasteiger partial charge in [0.25, 0.3) is 0 Å². The van der Waals surface area contributed by atoms with Gasteiger partial charge in [0.15, 0.2) is 5.60 Å². The van der Waals surface area contributed by atoms with Gasteiger partial charge in [0, 0.05) is 19.0 Å². The molecule has 0 radical (unpaired) electrons. The van der Waals surface area contributed by atoms with Crippen LogP contribution in [0.2, 0.25) is 0 Å². The second-order valence-corrected chi connectivity index (χ2v) is 4.90. The number of urea groups is 1. The van der Waals surface area contributed by atoms with E-state index in [0.717, 1.165) is 6.92 Å². The Bertz CT molecular complexity index is 375. The summed E-state index contributed by atoms with van der Waals surface area (Å²) >= 11 is 0. The van der Waals surface area contributed by atoms with Gasteiger partial charge in [-0.2, -0.15) is 0 Å². The van der Waals surface area contributed by atoms with Crippen LogP contribution in [0, 0.1) is 5.92 Å². The van der Waals surface area contributed by atoms with Crippen LogP contribution in [0.4, 0.5) is 4.79 Å². The van der Waals surface area contributed by atoms with Crippen LogP contribution in [0.1, 0.15) is 19.8 Å². The minimum absolute atomic E-state index is 0.217. The molecule has 8 heteroatoms. The van der Waals surface area contributed by atoms with Gasteiger partial charge in [-0.1, -0.05) is 0 Å². The number of amides is 3. The summed E-state index contributed by atoms with van der Waals surface area (Å²) in [7, 11) is 0. The van der Waals surface area contributed by atoms with E-state index in [1.807, 2.05) is 0 Å². The van der Waals surface area contributed by atoms with E-state index in [4.69, 9.17) is 10.8 Å². The van der Waals surface area contributed by atoms with Crippen molar-refractivity contribution in [1.29, 1.82) is 0 Å². The smallest absolute Gasteiger partial charge is 0.337 e. The molecule has 3 amide bonds. The van der Waals surface area contributed by atoms with Gasteiger partial charge in [0.2, 0.25) is 5.91 Å². The van der Waals surface area contributed by atoms with E-state index >= 15 is 0 Å². The van der Waals surface area contributed by atoms with Crippen molar-refractivity contribution in [3.05, 3.63) is 0 Å². The number of piperidine rings is 1. The summed E-state index contributed by atoms with van der Waals surface area (Å²) in [6.07, 6.45) is 0.996. The highest BCUT2D eigenvalue weighted by molar-refractivity contribution is 5.80. The zero-order valence-corrected chi connectivity index (χ0v) is 10.8. The first-order valence-corrected chi connectivity index (χ1v) is 6.02. The fraction of sp³-hybridized carbons (Fsp3) is 0.727. The van der Waals surface area contributed by atoms with E-state index in [0.29, 0.717) is 25.9 Å². The minimum atomic E-state index is -2.00. The normalized spacial score (nSPS) is 19.6. The first kappa shape index (κ1) is 15.2. The summed E-state index contributed by atoms with van der Waals surface area (Å²) < 4.78 is 0. The Morgan fingerprint density at radius 3 is 2.32 bits per heavy atom. The Morgan fingerprint density at radius 1 is 1.37 bits per heavy atom. The van der Waals surface area contributed by atoms with Gasteiger partial charge >= 0.3 is 12.0 Å². The van der Waals surface area contributed by atoms with Crippen LogP contribution >= 0.6 is 0 Å². The summed E-state index contributed by atoms with van der Waals surface area (Å²) in [6.45, 7) is 1.50. The van der Waals surface area contributed by atoms with Gasteiger partial charge in [-0.05, 0) is 19.8 Å². The zero-order valence-electron chi connectivity index (χ0n) is 10.8. The van der Waals surface area contributed by atoms with Crippen LogP contribution in [0.5, 0.6) is 0 Å². The van der Waals surface area contributed by atoms with Gasteiger partial charge < -0.3 is 26.2 Å². The lowest BCUT2D eigenvalue weighted by atomic mass is 9.96. The quantitative estimate of drug-likeness (QED) is 0.507. The number of hydrogen-bond acceptors (Lipinski definition) is 4. The Kier molecular flexibility index (Phi) is 4.71. The first-order valence-electron chi connectivity index (χ1n) is 6.02. The number of nitrogens with two attached hydrogens (primary N) is 1. The van der Waals surface area contributed by atoms with Gasteiger partial charge in [-0.25, -0.2) is 9.59 Å². The number of aliphatic carboxylic acids is 1. The van der Waals surface area contributed by atoms with Crippen LogP contribution in [0.25, 0.3) is 0 Å². The molecule has 1 rings (SSSR count). The van der Waals surface area contributed by atoms with Crippen molar-refractivity contribution in [3.8, 4) is 0 Å². The highest BCUT2D eigenvalue weighted by Crippen LogP contribution is 2.16. The topological polar surface area (TPSA) is 133 Å². The second kappa shape index (κ2) is 5.87. The number of nitrogens with one attached hydrogen (secondary N) is 1. The molecule has 0 aliphatic carbocycles. The number of hydrogen-bond donors (Lipinski definition) is 4. The molecule has 1 aliphatic heterocycles. The lowest BCUT2D eigenvalue weighted by Crippen LogP contribution is -2.52. The number of rotatable bonds is 4. The molecular formula is C11H19N3O5. The highest BCUT2D eigenvalue weighted by Gasteiger charge is 2.32. The maximum atomic E-state index is 11.7. The fourth-order valence-electron chi connectivity index (χ4n) is 1.80. The van der Waals surface area contributed by atoms with Crippen molar-refractivity contribution in [1.82, 2.24) is 10.2 Å². The number of nitrogens with zero attached hydrogens (tertiary/aromatic N) is 1. The number of carboxylic acid groups (broad SMARTS) is 1. The van der Waals surface area contributed by atoms with Crippen molar-refractivity contribution in [3.63, 3.8) is 0 Å². The van der Waals surface area contributed by atoms with E-state index < -0.39 is 17.6 Å². The van der Waals surface area contributed by atoms with E-state index in [-0.39, 0.29) is 18.4 Å². The molecule has 1 unspecified atom stereocenters. The predicted octanol–water partition coefficient (Wildman–Crippen LogP) is -1.27. The highest BCUT2D eigenvalue weighted by atomic mass is 16.4. The van der Waals surface area contributed by atoms with Crippen LogP contribution in [-0.4, -0.2) is 58.3 Å². The summed E-state index contributed by atoms with van der Waals surface area (Å²) in [5.74, 6) is -1.99. The van der Waals surface area contributed by atoms with Crippen molar-refractivity contribution >= 4 is 17.9 Å². The molecule has 5 N–H and O–H groups in total. The first-order chi connectivity index (χ1) is 8.74. The molecule has 108 valence electrons. The van der Waals surface area contributed by atoms with E-state index in [1.165, 1.54) is 4.90 Å². The summed E-state index contributed by atoms with van der Waals surface area (Å²) in [4.78, 5) is 34.8. The predicted molar refractivity (Wildman–Crippen MR) is 65.1 cm³/mol. The molecule has 1 fully saturated rings. The molecule has 1 heterocycles. The van der Waals surface area contributed by atoms with Crippen molar-refractivity contribution in [2.75, 3.05) is 19.6 Å². The van der Waals surface area contributed by atoms with Crippen molar-refractivity contribution in [2.24, 2.45) is 11.7 Å². The number of carbonyl (C=O) groups is 3. The third-order valence-corrected chi connectivity index (χ3v) is 3.23. The molecule has 0 aromatic rings. The van der Waals surface area contributed by atoms with E-state index in [9.17, 15) is 19.5 Å². The fourth-order valence-corrected chi connectivity index (χ4v) is 1.80. The van der Waals surface area contributed by atoms with Crippen LogP contribution in [0.15, 0.2) is 0 Å². The van der Waals surface area contributed by atoms with Gasteiger partial charge in [-0.3, -0.25) is 4.79 Å². The molecule has 0 saturated carbocycles. The van der Waals surface area contributed by atoms with Crippen LogP contribution in [0.3, 0.4) is 0 Å². The van der Waals surface area contributed by atoms with E-state index in [2.05, 4.69) is 5.32 Å². The number of carbonyl (C=O) groups excluding carboxylic acids is 2. The SMILES string of the molecule is CC(O)(CNC(=O)N1CCC(C(N)=O)CC1)C(=O)O. The Labute approximate surface area is 110 Å². The molecule has 0 aromatic carbocycles. The number of aliphatic hydroxyl groups is 1. The third-order valence-electron chi connectivity index (χ3n) is 3.23. The third kappa shape index (κ3) is 4.09.